The van der Waals surface area contributed by atoms with Crippen molar-refractivity contribution >= 4 is 23.4 Å². The molecule has 0 fully saturated rings. The average molecular weight is 284 g/mol. The predicted molar refractivity (Wildman–Crippen MR) is 74.7 cm³/mol. The summed E-state index contributed by atoms with van der Waals surface area (Å²) < 4.78 is 0. The topological polar surface area (TPSA) is 92.5 Å². The summed E-state index contributed by atoms with van der Waals surface area (Å²) >= 11 is 1.63. The van der Waals surface area contributed by atoms with Gasteiger partial charge >= 0.3 is 5.69 Å². The fourth-order valence-corrected chi connectivity index (χ4v) is 2.27. The molecule has 1 aromatic rings. The summed E-state index contributed by atoms with van der Waals surface area (Å²) in [5.41, 5.74) is -0.199. The molecule has 1 rings (SSSR count). The first-order valence-electron chi connectivity index (χ1n) is 5.76. The molecule has 2 N–H and O–H groups in total. The number of thioether (sulfide) groups is 1. The normalized spacial score (nSPS) is 11.9. The van der Waals surface area contributed by atoms with Crippen molar-refractivity contribution in [1.82, 2.24) is 5.32 Å². The number of nitrogens with one attached hydrogen (secondary N) is 1. The second-order valence-electron chi connectivity index (χ2n) is 3.99. The molecule has 0 aromatic heterocycles. The van der Waals surface area contributed by atoms with Gasteiger partial charge in [0.2, 0.25) is 0 Å². The van der Waals surface area contributed by atoms with Gasteiger partial charge in [-0.25, -0.2) is 0 Å². The van der Waals surface area contributed by atoms with Crippen molar-refractivity contribution in [3.8, 4) is 5.75 Å². The Balaban J connectivity index is 2.83. The minimum absolute atomic E-state index is 0.0415. The molecule has 1 atom stereocenters. The van der Waals surface area contributed by atoms with E-state index in [4.69, 9.17) is 0 Å². The van der Waals surface area contributed by atoms with Crippen LogP contribution in [0.5, 0.6) is 5.75 Å². The van der Waals surface area contributed by atoms with Crippen LogP contribution in [0.1, 0.15) is 23.7 Å². The molecule has 6 nitrogen and oxygen atoms in total. The van der Waals surface area contributed by atoms with E-state index in [1.807, 2.05) is 13.2 Å². The van der Waals surface area contributed by atoms with Gasteiger partial charge in [0, 0.05) is 23.4 Å². The number of carbonyl (C=O) groups excluding carboxylic acids is 1. The number of phenolic OH excluding ortho intramolecular Hbond substituents is 1. The van der Waals surface area contributed by atoms with Crippen molar-refractivity contribution in [1.29, 1.82) is 0 Å². The standard InChI is InChI=1S/C12H16N2O4S/c1-3-9(7-19-2)13-12(16)8-4-5-10(14(17)18)11(15)6-8/h4-6,9,15H,3,7H2,1-2H3,(H,13,16). The van der Waals surface area contributed by atoms with Crippen LogP contribution in [0, 0.1) is 10.1 Å². The quantitative estimate of drug-likeness (QED) is 0.617. The number of carbonyl (C=O) groups is 1. The van der Waals surface area contributed by atoms with Crippen molar-refractivity contribution in [2.75, 3.05) is 12.0 Å². The number of hydrogen-bond donors (Lipinski definition) is 2. The van der Waals surface area contributed by atoms with Crippen molar-refractivity contribution in [3.05, 3.63) is 33.9 Å². The second kappa shape index (κ2) is 6.98. The molecule has 0 aliphatic carbocycles. The summed E-state index contributed by atoms with van der Waals surface area (Å²) in [4.78, 5) is 21.8. The zero-order chi connectivity index (χ0) is 14.4. The number of aromatic hydroxyl groups is 1. The molecular weight excluding hydrogens is 268 g/mol. The van der Waals surface area contributed by atoms with Crippen molar-refractivity contribution in [2.45, 2.75) is 19.4 Å². The van der Waals surface area contributed by atoms with E-state index in [0.717, 1.165) is 24.3 Å². The van der Waals surface area contributed by atoms with Gasteiger partial charge in [0.25, 0.3) is 5.91 Å². The lowest BCUT2D eigenvalue weighted by molar-refractivity contribution is -0.385. The number of amides is 1. The van der Waals surface area contributed by atoms with Crippen LogP contribution in [0.15, 0.2) is 18.2 Å². The van der Waals surface area contributed by atoms with Crippen LogP contribution in [0.3, 0.4) is 0 Å². The van der Waals surface area contributed by atoms with Crippen LogP contribution in [0.4, 0.5) is 5.69 Å². The minimum Gasteiger partial charge on any atom is -0.502 e. The number of benzene rings is 1. The Bertz CT molecular complexity index is 479. The van der Waals surface area contributed by atoms with Gasteiger partial charge in [-0.15, -0.1) is 0 Å². The summed E-state index contributed by atoms with van der Waals surface area (Å²) in [6.45, 7) is 1.97. The van der Waals surface area contributed by atoms with E-state index in [-0.39, 0.29) is 17.5 Å². The van der Waals surface area contributed by atoms with Gasteiger partial charge in [-0.1, -0.05) is 6.92 Å². The monoisotopic (exact) mass is 284 g/mol. The first kappa shape index (κ1) is 15.3. The highest BCUT2D eigenvalue weighted by atomic mass is 32.2. The van der Waals surface area contributed by atoms with Crippen LogP contribution in [-0.2, 0) is 0 Å². The molecule has 0 heterocycles. The van der Waals surface area contributed by atoms with Gasteiger partial charge < -0.3 is 10.4 Å². The number of phenols is 1. The third-order valence-electron chi connectivity index (χ3n) is 2.63. The highest BCUT2D eigenvalue weighted by Gasteiger charge is 2.17. The molecule has 0 bridgehead atoms. The Labute approximate surface area is 115 Å². The van der Waals surface area contributed by atoms with E-state index in [9.17, 15) is 20.0 Å². The van der Waals surface area contributed by atoms with Gasteiger partial charge in [0.05, 0.1) is 4.92 Å². The lowest BCUT2D eigenvalue weighted by atomic mass is 10.1. The summed E-state index contributed by atoms with van der Waals surface area (Å²) in [5.74, 6) is -0.0528. The molecular formula is C12H16N2O4S. The molecule has 7 heteroatoms. The van der Waals surface area contributed by atoms with Gasteiger partial charge in [-0.3, -0.25) is 14.9 Å². The van der Waals surface area contributed by atoms with Gasteiger partial charge in [-0.2, -0.15) is 11.8 Å². The van der Waals surface area contributed by atoms with E-state index < -0.39 is 16.4 Å². The van der Waals surface area contributed by atoms with E-state index >= 15 is 0 Å². The minimum atomic E-state index is -0.695. The van der Waals surface area contributed by atoms with Gasteiger partial charge in [-0.05, 0) is 24.8 Å². The predicted octanol–water partition coefficient (Wildman–Crippen LogP) is 2.17. The Morgan fingerprint density at radius 3 is 2.74 bits per heavy atom. The highest BCUT2D eigenvalue weighted by Crippen LogP contribution is 2.26. The van der Waals surface area contributed by atoms with E-state index in [0.29, 0.717) is 0 Å². The molecule has 104 valence electrons. The van der Waals surface area contributed by atoms with Crippen molar-refractivity contribution in [2.24, 2.45) is 0 Å². The molecule has 1 aromatic carbocycles. The average Bonchev–Trinajstić information content (AvgIpc) is 2.37. The van der Waals surface area contributed by atoms with Crippen LogP contribution in [-0.4, -0.2) is 34.0 Å². The molecule has 0 saturated carbocycles. The number of hydrogen-bond acceptors (Lipinski definition) is 5. The number of rotatable bonds is 6. The Morgan fingerprint density at radius 1 is 1.58 bits per heavy atom. The molecule has 1 unspecified atom stereocenters. The fraction of sp³-hybridized carbons (Fsp3) is 0.417. The molecule has 0 aliphatic rings. The van der Waals surface area contributed by atoms with E-state index in [1.54, 1.807) is 11.8 Å². The van der Waals surface area contributed by atoms with Crippen LogP contribution in [0.2, 0.25) is 0 Å². The Kier molecular flexibility index (Phi) is 5.62. The van der Waals surface area contributed by atoms with Crippen molar-refractivity contribution < 1.29 is 14.8 Å². The van der Waals surface area contributed by atoms with Crippen LogP contribution in [0.25, 0.3) is 0 Å². The lowest BCUT2D eigenvalue weighted by Gasteiger charge is -2.15. The molecule has 19 heavy (non-hydrogen) atoms. The maximum Gasteiger partial charge on any atom is 0.310 e. The lowest BCUT2D eigenvalue weighted by Crippen LogP contribution is -2.36. The number of nitrogens with zero attached hydrogens (tertiary/aromatic N) is 1. The first-order valence-corrected chi connectivity index (χ1v) is 7.16. The smallest absolute Gasteiger partial charge is 0.310 e. The maximum absolute atomic E-state index is 11.9. The molecule has 0 aliphatic heterocycles. The molecule has 0 saturated heterocycles. The van der Waals surface area contributed by atoms with E-state index in [2.05, 4.69) is 5.32 Å². The number of nitro groups is 1. The number of nitro benzene ring substituents is 1. The van der Waals surface area contributed by atoms with Gasteiger partial charge in [0.1, 0.15) is 0 Å². The van der Waals surface area contributed by atoms with Crippen LogP contribution >= 0.6 is 11.8 Å². The summed E-state index contributed by atoms with van der Waals surface area (Å²) in [6.07, 6.45) is 2.75. The Morgan fingerprint density at radius 2 is 2.26 bits per heavy atom. The maximum atomic E-state index is 11.9. The zero-order valence-corrected chi connectivity index (χ0v) is 11.6. The highest BCUT2D eigenvalue weighted by molar-refractivity contribution is 7.98. The molecule has 0 radical (unpaired) electrons. The molecule has 1 amide bonds. The first-order chi connectivity index (χ1) is 8.99. The Hall–Kier alpha value is -1.76. The third kappa shape index (κ3) is 4.13. The summed E-state index contributed by atoms with van der Waals surface area (Å²) in [5, 5.41) is 22.9. The van der Waals surface area contributed by atoms with E-state index in [1.165, 1.54) is 6.07 Å². The van der Waals surface area contributed by atoms with Crippen molar-refractivity contribution in [3.63, 3.8) is 0 Å². The third-order valence-corrected chi connectivity index (χ3v) is 3.37. The SMILES string of the molecule is CCC(CSC)NC(=O)c1ccc([N+](=O)[O-])c(O)c1. The summed E-state index contributed by atoms with van der Waals surface area (Å²) in [7, 11) is 0. The molecule has 0 spiro atoms. The van der Waals surface area contributed by atoms with Crippen LogP contribution < -0.4 is 5.32 Å². The zero-order valence-electron chi connectivity index (χ0n) is 10.8. The second-order valence-corrected chi connectivity index (χ2v) is 4.91. The largest absolute Gasteiger partial charge is 0.502 e. The summed E-state index contributed by atoms with van der Waals surface area (Å²) in [6, 6.07) is 3.61. The fourth-order valence-electron chi connectivity index (χ4n) is 1.55. The van der Waals surface area contributed by atoms with Gasteiger partial charge in [0.15, 0.2) is 5.75 Å².